The van der Waals surface area contributed by atoms with Gasteiger partial charge in [-0.25, -0.2) is 4.79 Å². The van der Waals surface area contributed by atoms with Crippen LogP contribution in [0, 0.1) is 0 Å². The highest BCUT2D eigenvalue weighted by Gasteiger charge is 2.35. The van der Waals surface area contributed by atoms with Crippen LogP contribution < -0.4 is 5.32 Å². The highest BCUT2D eigenvalue weighted by atomic mass is 32.1. The molecule has 1 unspecified atom stereocenters. The number of ether oxygens (including phenoxy) is 1. The monoisotopic (exact) mass is 493 g/mol. The van der Waals surface area contributed by atoms with Crippen LogP contribution in [-0.4, -0.2) is 77.1 Å². The molecule has 1 aromatic rings. The number of aldehydes is 1. The maximum Gasteiger partial charge on any atom is 0.410 e. The summed E-state index contributed by atoms with van der Waals surface area (Å²) in [4.78, 5) is 49.1. The Balaban J connectivity index is 0.000000353. The Morgan fingerprint density at radius 2 is 1.85 bits per heavy atom. The molecule has 3 rings (SSSR count). The summed E-state index contributed by atoms with van der Waals surface area (Å²) in [7, 11) is 1.50. The zero-order valence-electron chi connectivity index (χ0n) is 20.4. The van der Waals surface area contributed by atoms with Crippen LogP contribution in [0.15, 0.2) is 30.4 Å². The number of rotatable bonds is 5. The average molecular weight is 494 g/mol. The molecular formula is C24H35N3O6S. The second-order valence-electron chi connectivity index (χ2n) is 8.51. The Hall–Kier alpha value is -3.01. The van der Waals surface area contributed by atoms with Crippen LogP contribution in [0.1, 0.15) is 49.5 Å². The molecule has 0 radical (unpaired) electrons. The van der Waals surface area contributed by atoms with E-state index in [1.165, 1.54) is 24.1 Å². The Morgan fingerprint density at radius 1 is 1.24 bits per heavy atom. The van der Waals surface area contributed by atoms with Crippen LogP contribution in [0.5, 0.6) is 5.75 Å². The smallest absolute Gasteiger partial charge is 0.410 e. The quantitative estimate of drug-likeness (QED) is 0.330. The van der Waals surface area contributed by atoms with E-state index in [0.717, 1.165) is 6.29 Å². The number of carbonyl (C=O) groups excluding carboxylic acids is 4. The summed E-state index contributed by atoms with van der Waals surface area (Å²) in [5, 5.41) is 12.0. The van der Waals surface area contributed by atoms with E-state index in [1.807, 2.05) is 32.9 Å². The third kappa shape index (κ3) is 8.40. The van der Waals surface area contributed by atoms with Crippen molar-refractivity contribution in [1.29, 1.82) is 0 Å². The molecule has 34 heavy (non-hydrogen) atoms. The minimum Gasteiger partial charge on any atom is -0.508 e. The number of nitrogens with zero attached hydrogens (tertiary/aromatic N) is 2. The van der Waals surface area contributed by atoms with Crippen LogP contribution >= 0.6 is 12.6 Å². The summed E-state index contributed by atoms with van der Waals surface area (Å²) >= 11 is 3.53. The minimum absolute atomic E-state index is 0.0859. The second-order valence-corrected chi connectivity index (χ2v) is 8.51. The van der Waals surface area contributed by atoms with E-state index >= 15 is 0 Å². The first kappa shape index (κ1) is 29.0. The van der Waals surface area contributed by atoms with Crippen LogP contribution in [0.25, 0.3) is 0 Å². The van der Waals surface area contributed by atoms with Gasteiger partial charge in [-0.2, -0.15) is 12.6 Å². The molecule has 1 aromatic carbocycles. The van der Waals surface area contributed by atoms with Gasteiger partial charge in [-0.3, -0.25) is 9.59 Å². The first-order valence-electron chi connectivity index (χ1n) is 10.9. The Kier molecular flexibility index (Phi) is 11.6. The maximum atomic E-state index is 12.3. The molecule has 9 nitrogen and oxygen atoms in total. The van der Waals surface area contributed by atoms with Crippen LogP contribution in [0.3, 0.4) is 0 Å². The highest BCUT2D eigenvalue weighted by molar-refractivity contribution is 7.79. The number of amides is 3. The van der Waals surface area contributed by atoms with Crippen LogP contribution in [0.2, 0.25) is 0 Å². The number of hydrogen-bond donors (Lipinski definition) is 3. The normalized spacial score (nSPS) is 14.8. The number of thiol groups is 1. The zero-order chi connectivity index (χ0) is 25.9. The number of phenolic OH excluding ortho intramolecular Hbond substituents is 1. The summed E-state index contributed by atoms with van der Waals surface area (Å²) in [6.07, 6.45) is 6.62. The zero-order valence-corrected chi connectivity index (χ0v) is 21.3. The average Bonchev–Trinajstić information content (AvgIpc) is 3.43. The molecule has 0 spiro atoms. The van der Waals surface area contributed by atoms with Crippen molar-refractivity contribution in [1.82, 2.24) is 15.1 Å². The van der Waals surface area contributed by atoms with Gasteiger partial charge in [0.05, 0.1) is 0 Å². The van der Waals surface area contributed by atoms with Crippen LogP contribution in [-0.2, 0) is 20.9 Å². The lowest BCUT2D eigenvalue weighted by Gasteiger charge is -2.25. The number of benzene rings is 1. The lowest BCUT2D eigenvalue weighted by molar-refractivity contribution is -0.125. The number of nitrogens with one attached hydrogen (secondary N) is 1. The second kappa shape index (κ2) is 13.6. The third-order valence-corrected chi connectivity index (χ3v) is 4.87. The predicted octanol–water partition coefficient (Wildman–Crippen LogP) is 2.78. The van der Waals surface area contributed by atoms with Crippen molar-refractivity contribution in [3.8, 4) is 5.75 Å². The van der Waals surface area contributed by atoms with Gasteiger partial charge in [0.15, 0.2) is 0 Å². The Labute approximate surface area is 206 Å². The van der Waals surface area contributed by atoms with Gasteiger partial charge in [-0.1, -0.05) is 12.2 Å². The minimum atomic E-state index is -0.674. The fourth-order valence-electron chi connectivity index (χ4n) is 3.36. The van der Waals surface area contributed by atoms with E-state index in [-0.39, 0.29) is 48.6 Å². The number of aromatic hydroxyl groups is 1. The van der Waals surface area contributed by atoms with E-state index in [1.54, 1.807) is 17.2 Å². The van der Waals surface area contributed by atoms with E-state index in [9.17, 15) is 24.3 Å². The summed E-state index contributed by atoms with van der Waals surface area (Å²) in [6.45, 7) is 7.22. The van der Waals surface area contributed by atoms with Gasteiger partial charge in [-0.15, -0.1) is 0 Å². The van der Waals surface area contributed by atoms with Gasteiger partial charge >= 0.3 is 6.09 Å². The topological polar surface area (TPSA) is 116 Å². The van der Waals surface area contributed by atoms with Crippen molar-refractivity contribution in [3.63, 3.8) is 0 Å². The molecule has 0 aliphatic carbocycles. The summed E-state index contributed by atoms with van der Waals surface area (Å²) in [5.74, 6) is -0.459. The summed E-state index contributed by atoms with van der Waals surface area (Å²) in [6, 6.07) is 3.84. The molecule has 2 aliphatic rings. The molecule has 188 valence electrons. The molecule has 0 aromatic heterocycles. The van der Waals surface area contributed by atoms with E-state index in [4.69, 9.17) is 4.74 Å². The molecule has 0 fully saturated rings. The summed E-state index contributed by atoms with van der Waals surface area (Å²) in [5.41, 5.74) is 0.789. The van der Waals surface area contributed by atoms with Crippen molar-refractivity contribution >= 4 is 36.8 Å². The number of carbonyl (C=O) groups is 4. The molecule has 2 N–H and O–H groups in total. The largest absolute Gasteiger partial charge is 0.508 e. The number of hydrogen-bond acceptors (Lipinski definition) is 7. The van der Waals surface area contributed by atoms with E-state index in [0.29, 0.717) is 24.2 Å². The van der Waals surface area contributed by atoms with Gasteiger partial charge in [-0.05, 0) is 57.2 Å². The van der Waals surface area contributed by atoms with Crippen molar-refractivity contribution in [2.75, 3.05) is 26.4 Å². The Morgan fingerprint density at radius 3 is 2.38 bits per heavy atom. The van der Waals surface area contributed by atoms with Gasteiger partial charge in [0.25, 0.3) is 5.91 Å². The molecule has 2 heterocycles. The van der Waals surface area contributed by atoms with Crippen molar-refractivity contribution in [2.45, 2.75) is 51.8 Å². The van der Waals surface area contributed by atoms with Gasteiger partial charge in [0, 0.05) is 38.7 Å². The lowest BCUT2D eigenvalue weighted by Crippen LogP contribution is -2.46. The first-order chi connectivity index (χ1) is 16.1. The fraction of sp³-hybridized carbons (Fsp3) is 0.500. The highest BCUT2D eigenvalue weighted by Crippen LogP contribution is 2.28. The molecule has 0 bridgehead atoms. The van der Waals surface area contributed by atoms with Crippen molar-refractivity contribution in [3.05, 3.63) is 41.5 Å². The Bertz CT molecular complexity index is 889. The number of likely N-dealkylation sites (N-methyl/N-ethyl adjacent to an activating group) is 1. The molecular weight excluding hydrogens is 458 g/mol. The lowest BCUT2D eigenvalue weighted by atomic mass is 10.1. The van der Waals surface area contributed by atoms with E-state index < -0.39 is 6.04 Å². The summed E-state index contributed by atoms with van der Waals surface area (Å²) < 4.78 is 5.17. The molecule has 3 amide bonds. The molecule has 10 heteroatoms. The molecule has 1 atom stereocenters. The first-order valence-corrected chi connectivity index (χ1v) is 11.8. The molecule has 0 saturated carbocycles. The van der Waals surface area contributed by atoms with Crippen molar-refractivity contribution in [2.24, 2.45) is 0 Å². The fourth-order valence-corrected chi connectivity index (χ4v) is 3.36. The molecule has 2 aliphatic heterocycles. The van der Waals surface area contributed by atoms with Crippen LogP contribution in [0.4, 0.5) is 4.79 Å². The van der Waals surface area contributed by atoms with Gasteiger partial charge in [0.2, 0.25) is 5.91 Å². The number of phenols is 1. The number of fused-ring (bicyclic) bond motifs is 1. The molecule has 0 saturated heterocycles. The van der Waals surface area contributed by atoms with Crippen molar-refractivity contribution < 1.29 is 29.0 Å². The maximum absolute atomic E-state index is 12.3. The van der Waals surface area contributed by atoms with Gasteiger partial charge in [0.1, 0.15) is 23.7 Å². The standard InChI is InChI=1S/C14H16N2O4.C9H15NO2.CH4S/c1-15-13(19)12(3-2-6-17)16-8-9-7-10(18)4-5-11(9)14(16)20;1-9(2,3)12-8(11)10-6-4-5-7-10;1-2/h4-7,12,18H,2-3,8H2,1H3,(H,15,19);4-5H,6-7H2,1-3H3;2H,1H3. The van der Waals surface area contributed by atoms with E-state index in [2.05, 4.69) is 17.9 Å². The predicted molar refractivity (Wildman–Crippen MR) is 133 cm³/mol. The third-order valence-electron chi connectivity index (χ3n) is 4.87. The van der Waals surface area contributed by atoms with Gasteiger partial charge < -0.3 is 29.8 Å². The SMILES string of the molecule is CC(C)(C)OC(=O)N1CC=CC1.CNC(=O)C(CCC=O)N1Cc2cc(O)ccc2C1=O.CS.